The third-order valence-corrected chi connectivity index (χ3v) is 3.55. The van der Waals surface area contributed by atoms with Crippen LogP contribution in [0.3, 0.4) is 0 Å². The zero-order valence-corrected chi connectivity index (χ0v) is 10.4. The second-order valence-corrected chi connectivity index (χ2v) is 4.94. The molecule has 1 saturated heterocycles. The van der Waals surface area contributed by atoms with Crippen molar-refractivity contribution in [2.24, 2.45) is 5.92 Å². The molecule has 0 saturated carbocycles. The van der Waals surface area contributed by atoms with E-state index in [0.717, 1.165) is 25.4 Å². The van der Waals surface area contributed by atoms with Gasteiger partial charge in [0, 0.05) is 25.7 Å². The molecule has 2 rings (SSSR count). The van der Waals surface area contributed by atoms with Crippen molar-refractivity contribution >= 4 is 0 Å². The lowest BCUT2D eigenvalue weighted by atomic mass is 9.98. The molecule has 1 fully saturated rings. The number of piperazine rings is 1. The highest BCUT2D eigenvalue weighted by Crippen LogP contribution is 2.26. The topological polar surface area (TPSA) is 28.4 Å². The van der Waals surface area contributed by atoms with Crippen molar-refractivity contribution < 1.29 is 4.42 Å². The van der Waals surface area contributed by atoms with Gasteiger partial charge in [0.25, 0.3) is 0 Å². The number of rotatable bonds is 3. The Morgan fingerprint density at radius 1 is 1.44 bits per heavy atom. The summed E-state index contributed by atoms with van der Waals surface area (Å²) in [6.07, 6.45) is 1.76. The average molecular weight is 222 g/mol. The van der Waals surface area contributed by atoms with Crippen LogP contribution < -0.4 is 5.32 Å². The van der Waals surface area contributed by atoms with Crippen molar-refractivity contribution in [1.82, 2.24) is 10.2 Å². The maximum atomic E-state index is 5.51. The predicted octanol–water partition coefficient (Wildman–Crippen LogP) is 2.27. The maximum Gasteiger partial charge on any atom is 0.120 e. The van der Waals surface area contributed by atoms with Gasteiger partial charge in [0.05, 0.1) is 12.3 Å². The van der Waals surface area contributed by atoms with Gasteiger partial charge in [0.15, 0.2) is 0 Å². The van der Waals surface area contributed by atoms with E-state index in [2.05, 4.69) is 37.1 Å². The Labute approximate surface area is 97.8 Å². The Balaban J connectivity index is 2.11. The molecule has 0 aliphatic carbocycles. The van der Waals surface area contributed by atoms with Crippen molar-refractivity contribution in [2.75, 3.05) is 19.6 Å². The first kappa shape index (κ1) is 11.7. The van der Waals surface area contributed by atoms with Gasteiger partial charge in [-0.2, -0.15) is 0 Å². The standard InChI is InChI=1S/C13H22N2O/c1-10(2)12-9-14-6-7-15(12)11(3)13-5-4-8-16-13/h4-5,8,10-12,14H,6-7,9H2,1-3H3. The van der Waals surface area contributed by atoms with Gasteiger partial charge in [-0.05, 0) is 25.0 Å². The van der Waals surface area contributed by atoms with Crippen LogP contribution in [0.2, 0.25) is 0 Å². The normalized spacial score (nSPS) is 24.9. The molecule has 1 aliphatic rings. The highest BCUT2D eigenvalue weighted by Gasteiger charge is 2.30. The fourth-order valence-electron chi connectivity index (χ4n) is 2.53. The van der Waals surface area contributed by atoms with Gasteiger partial charge < -0.3 is 9.73 Å². The lowest BCUT2D eigenvalue weighted by Gasteiger charge is -2.41. The van der Waals surface area contributed by atoms with Crippen molar-refractivity contribution in [2.45, 2.75) is 32.9 Å². The molecule has 0 aromatic carbocycles. The van der Waals surface area contributed by atoms with Crippen LogP contribution in [0.15, 0.2) is 22.8 Å². The number of nitrogens with zero attached hydrogens (tertiary/aromatic N) is 1. The molecule has 1 N–H and O–H groups in total. The third kappa shape index (κ3) is 2.30. The minimum Gasteiger partial charge on any atom is -0.468 e. The van der Waals surface area contributed by atoms with Crippen molar-refractivity contribution in [3.63, 3.8) is 0 Å². The number of hydrogen-bond acceptors (Lipinski definition) is 3. The van der Waals surface area contributed by atoms with Crippen LogP contribution in [0.4, 0.5) is 0 Å². The first-order valence-electron chi connectivity index (χ1n) is 6.20. The summed E-state index contributed by atoms with van der Waals surface area (Å²) in [7, 11) is 0. The molecule has 1 aliphatic heterocycles. The number of nitrogens with one attached hydrogen (secondary N) is 1. The molecule has 2 atom stereocenters. The maximum absolute atomic E-state index is 5.51. The first-order chi connectivity index (χ1) is 7.70. The monoisotopic (exact) mass is 222 g/mol. The van der Waals surface area contributed by atoms with Crippen LogP contribution in [-0.4, -0.2) is 30.6 Å². The number of hydrogen-bond donors (Lipinski definition) is 1. The second kappa shape index (κ2) is 5.02. The largest absolute Gasteiger partial charge is 0.468 e. The molecule has 0 bridgehead atoms. The fourth-order valence-corrected chi connectivity index (χ4v) is 2.53. The van der Waals surface area contributed by atoms with Crippen LogP contribution in [0.25, 0.3) is 0 Å². The summed E-state index contributed by atoms with van der Waals surface area (Å²) in [6.45, 7) is 10.1. The summed E-state index contributed by atoms with van der Waals surface area (Å²) >= 11 is 0. The molecular formula is C13H22N2O. The van der Waals surface area contributed by atoms with Gasteiger partial charge in [0.2, 0.25) is 0 Å². The molecule has 2 heterocycles. The predicted molar refractivity (Wildman–Crippen MR) is 65.3 cm³/mol. The van der Waals surface area contributed by atoms with E-state index in [1.54, 1.807) is 6.26 Å². The summed E-state index contributed by atoms with van der Waals surface area (Å²) in [5.41, 5.74) is 0. The molecule has 0 spiro atoms. The summed E-state index contributed by atoms with van der Waals surface area (Å²) in [5, 5.41) is 3.47. The average Bonchev–Trinajstić information content (AvgIpc) is 2.81. The van der Waals surface area contributed by atoms with E-state index in [4.69, 9.17) is 4.42 Å². The van der Waals surface area contributed by atoms with E-state index >= 15 is 0 Å². The molecule has 16 heavy (non-hydrogen) atoms. The lowest BCUT2D eigenvalue weighted by molar-refractivity contribution is 0.0742. The molecule has 0 amide bonds. The summed E-state index contributed by atoms with van der Waals surface area (Å²) < 4.78 is 5.51. The van der Waals surface area contributed by atoms with Gasteiger partial charge in [-0.25, -0.2) is 0 Å². The summed E-state index contributed by atoms with van der Waals surface area (Å²) in [4.78, 5) is 2.56. The smallest absolute Gasteiger partial charge is 0.120 e. The minimum atomic E-state index is 0.379. The van der Waals surface area contributed by atoms with Gasteiger partial charge in [-0.1, -0.05) is 13.8 Å². The van der Waals surface area contributed by atoms with E-state index in [0.29, 0.717) is 18.0 Å². The van der Waals surface area contributed by atoms with E-state index < -0.39 is 0 Å². The van der Waals surface area contributed by atoms with E-state index in [1.807, 2.05) is 6.07 Å². The summed E-state index contributed by atoms with van der Waals surface area (Å²) in [6, 6.07) is 5.03. The zero-order valence-electron chi connectivity index (χ0n) is 10.4. The van der Waals surface area contributed by atoms with Gasteiger partial charge >= 0.3 is 0 Å². The van der Waals surface area contributed by atoms with Crippen LogP contribution in [0.5, 0.6) is 0 Å². The Bertz CT molecular complexity index is 308. The quantitative estimate of drug-likeness (QED) is 0.850. The Hall–Kier alpha value is -0.800. The fraction of sp³-hybridized carbons (Fsp3) is 0.692. The minimum absolute atomic E-state index is 0.379. The van der Waals surface area contributed by atoms with Crippen molar-refractivity contribution in [3.05, 3.63) is 24.2 Å². The summed E-state index contributed by atoms with van der Waals surface area (Å²) in [5.74, 6) is 1.75. The third-order valence-electron chi connectivity index (χ3n) is 3.55. The highest BCUT2D eigenvalue weighted by molar-refractivity contribution is 5.05. The molecule has 90 valence electrons. The Kier molecular flexibility index (Phi) is 3.66. The molecule has 3 nitrogen and oxygen atoms in total. The molecule has 1 aromatic rings. The van der Waals surface area contributed by atoms with Crippen LogP contribution >= 0.6 is 0 Å². The molecule has 2 unspecified atom stereocenters. The lowest BCUT2D eigenvalue weighted by Crippen LogP contribution is -2.54. The SMILES string of the molecule is CC(C)C1CNCCN1C(C)c1ccco1. The van der Waals surface area contributed by atoms with Crippen LogP contribution in [0, 0.1) is 5.92 Å². The molecular weight excluding hydrogens is 200 g/mol. The highest BCUT2D eigenvalue weighted by atomic mass is 16.3. The van der Waals surface area contributed by atoms with Gasteiger partial charge in [-0.15, -0.1) is 0 Å². The molecule has 1 aromatic heterocycles. The van der Waals surface area contributed by atoms with Gasteiger partial charge in [-0.3, -0.25) is 4.90 Å². The van der Waals surface area contributed by atoms with E-state index in [1.165, 1.54) is 0 Å². The first-order valence-corrected chi connectivity index (χ1v) is 6.20. The molecule has 3 heteroatoms. The zero-order chi connectivity index (χ0) is 11.5. The number of furan rings is 1. The van der Waals surface area contributed by atoms with Crippen LogP contribution in [0.1, 0.15) is 32.6 Å². The van der Waals surface area contributed by atoms with E-state index in [9.17, 15) is 0 Å². The Morgan fingerprint density at radius 2 is 2.25 bits per heavy atom. The van der Waals surface area contributed by atoms with Crippen molar-refractivity contribution in [3.8, 4) is 0 Å². The Morgan fingerprint density at radius 3 is 2.88 bits per heavy atom. The van der Waals surface area contributed by atoms with Crippen LogP contribution in [-0.2, 0) is 0 Å². The second-order valence-electron chi connectivity index (χ2n) is 4.94. The van der Waals surface area contributed by atoms with E-state index in [-0.39, 0.29) is 0 Å². The van der Waals surface area contributed by atoms with Gasteiger partial charge in [0.1, 0.15) is 5.76 Å². The molecule has 0 radical (unpaired) electrons. The van der Waals surface area contributed by atoms with Crippen molar-refractivity contribution in [1.29, 1.82) is 0 Å².